The Balaban J connectivity index is 1.64. The molecule has 1 aromatic heterocycles. The van der Waals surface area contributed by atoms with Crippen LogP contribution in [0.2, 0.25) is 0 Å². The molecule has 3 aromatic rings. The molecule has 1 heterocycles. The Kier molecular flexibility index (Phi) is 9.65. The highest BCUT2D eigenvalue weighted by Crippen LogP contribution is 2.30. The summed E-state index contributed by atoms with van der Waals surface area (Å²) >= 11 is 1.28. The molecule has 0 aliphatic heterocycles. The zero-order valence-corrected chi connectivity index (χ0v) is 21.4. The minimum absolute atomic E-state index is 0.0692. The van der Waals surface area contributed by atoms with Crippen molar-refractivity contribution in [2.75, 3.05) is 32.2 Å². The lowest BCUT2D eigenvalue weighted by Crippen LogP contribution is -2.13. The molecule has 0 saturated carbocycles. The van der Waals surface area contributed by atoms with Gasteiger partial charge >= 0.3 is 0 Å². The van der Waals surface area contributed by atoms with Gasteiger partial charge in [-0.3, -0.25) is 10.1 Å². The van der Waals surface area contributed by atoms with Gasteiger partial charge in [-0.05, 0) is 55.0 Å². The van der Waals surface area contributed by atoms with E-state index < -0.39 is 5.91 Å². The third-order valence-electron chi connectivity index (χ3n) is 4.77. The van der Waals surface area contributed by atoms with Crippen LogP contribution in [0.1, 0.15) is 37.3 Å². The number of hydrogen-bond acceptors (Lipinski definition) is 9. The van der Waals surface area contributed by atoms with Crippen molar-refractivity contribution in [1.29, 1.82) is 5.26 Å². The summed E-state index contributed by atoms with van der Waals surface area (Å²) in [6.07, 6.45) is 1.48. The van der Waals surface area contributed by atoms with Crippen molar-refractivity contribution in [3.05, 3.63) is 58.6 Å². The lowest BCUT2D eigenvalue weighted by molar-refractivity contribution is -0.112. The molecule has 9 nitrogen and oxygen atoms in total. The Labute approximate surface area is 214 Å². The number of aromatic nitrogens is 2. The summed E-state index contributed by atoms with van der Waals surface area (Å²) in [6, 6.07) is 14.4. The van der Waals surface area contributed by atoms with E-state index in [-0.39, 0.29) is 11.5 Å². The molecule has 1 N–H and O–H groups in total. The van der Waals surface area contributed by atoms with E-state index in [1.54, 1.807) is 25.3 Å². The summed E-state index contributed by atoms with van der Waals surface area (Å²) in [5.74, 6) is 2.14. The quantitative estimate of drug-likeness (QED) is 0.205. The van der Waals surface area contributed by atoms with Crippen molar-refractivity contribution in [3.8, 4) is 29.1 Å². The van der Waals surface area contributed by atoms with Crippen LogP contribution in [0.4, 0.5) is 5.13 Å². The minimum Gasteiger partial charge on any atom is -0.497 e. The molecule has 0 bridgehead atoms. The largest absolute Gasteiger partial charge is 0.497 e. The van der Waals surface area contributed by atoms with Gasteiger partial charge in [-0.25, -0.2) is 0 Å². The molecule has 0 atom stereocenters. The van der Waals surface area contributed by atoms with Gasteiger partial charge in [0.05, 0.1) is 13.7 Å². The number of nitrogens with zero attached hydrogens (tertiary/aromatic N) is 3. The Morgan fingerprint density at radius 1 is 1.06 bits per heavy atom. The van der Waals surface area contributed by atoms with Gasteiger partial charge in [0.2, 0.25) is 5.13 Å². The lowest BCUT2D eigenvalue weighted by Gasteiger charge is -2.13. The van der Waals surface area contributed by atoms with Crippen LogP contribution in [0.25, 0.3) is 6.08 Å². The molecule has 0 aliphatic rings. The van der Waals surface area contributed by atoms with E-state index >= 15 is 0 Å². The minimum atomic E-state index is -0.557. The van der Waals surface area contributed by atoms with E-state index in [2.05, 4.69) is 15.5 Å². The molecule has 0 aliphatic carbocycles. The number of amides is 1. The second-order valence-electron chi connectivity index (χ2n) is 7.74. The number of carbonyl (C=O) groups is 1. The zero-order chi connectivity index (χ0) is 25.9. The predicted octanol–water partition coefficient (Wildman–Crippen LogP) is 5.07. The van der Waals surface area contributed by atoms with Gasteiger partial charge in [-0.2, -0.15) is 5.26 Å². The second-order valence-corrected chi connectivity index (χ2v) is 8.74. The van der Waals surface area contributed by atoms with Crippen LogP contribution < -0.4 is 24.3 Å². The number of hydrogen-bond donors (Lipinski definition) is 1. The summed E-state index contributed by atoms with van der Waals surface area (Å²) in [7, 11) is 1.61. The molecule has 0 radical (unpaired) electrons. The van der Waals surface area contributed by atoms with Crippen LogP contribution in [0.15, 0.2) is 48.0 Å². The van der Waals surface area contributed by atoms with Gasteiger partial charge in [0, 0.05) is 5.92 Å². The lowest BCUT2D eigenvalue weighted by atomic mass is 10.1. The molecule has 188 valence electrons. The van der Waals surface area contributed by atoms with E-state index in [0.29, 0.717) is 47.8 Å². The Bertz CT molecular complexity index is 1230. The molecular weight excluding hydrogens is 480 g/mol. The molecular formula is C26H28N4O5S. The van der Waals surface area contributed by atoms with Crippen molar-refractivity contribution in [2.24, 2.45) is 0 Å². The number of nitrogens with one attached hydrogen (secondary N) is 1. The molecule has 0 saturated heterocycles. The summed E-state index contributed by atoms with van der Waals surface area (Å²) in [5.41, 5.74) is 0.549. The maximum Gasteiger partial charge on any atom is 0.268 e. The molecule has 0 fully saturated rings. The van der Waals surface area contributed by atoms with Crippen LogP contribution in [0.5, 0.6) is 23.0 Å². The monoisotopic (exact) mass is 508 g/mol. The standard InChI is InChI=1S/C26H28N4O5S/c1-5-33-23-15-18(14-19(16-27)24(31)28-26-30-29-25(36-26)17(2)3)6-11-22(23)35-13-12-34-21-9-7-20(32-4)8-10-21/h6-11,14-15,17H,5,12-13H2,1-4H3,(H,28,30,31)/b19-14-. The number of nitriles is 1. The summed E-state index contributed by atoms with van der Waals surface area (Å²) in [6.45, 7) is 6.90. The molecule has 3 rings (SSSR count). The summed E-state index contributed by atoms with van der Waals surface area (Å²) < 4.78 is 22.4. The average molecular weight is 509 g/mol. The molecule has 36 heavy (non-hydrogen) atoms. The molecule has 2 aromatic carbocycles. The smallest absolute Gasteiger partial charge is 0.268 e. The van der Waals surface area contributed by atoms with Crippen molar-refractivity contribution in [1.82, 2.24) is 10.2 Å². The summed E-state index contributed by atoms with van der Waals surface area (Å²) in [4.78, 5) is 12.6. The predicted molar refractivity (Wildman–Crippen MR) is 138 cm³/mol. The van der Waals surface area contributed by atoms with Crippen LogP contribution in [-0.4, -0.2) is 43.0 Å². The van der Waals surface area contributed by atoms with Gasteiger partial charge in [0.25, 0.3) is 5.91 Å². The first-order valence-electron chi connectivity index (χ1n) is 11.4. The van der Waals surface area contributed by atoms with Crippen LogP contribution in [-0.2, 0) is 4.79 Å². The van der Waals surface area contributed by atoms with Crippen LogP contribution >= 0.6 is 11.3 Å². The van der Waals surface area contributed by atoms with Crippen LogP contribution in [0, 0.1) is 11.3 Å². The number of methoxy groups -OCH3 is 1. The maximum atomic E-state index is 12.6. The molecule has 10 heteroatoms. The third kappa shape index (κ3) is 7.45. The van der Waals surface area contributed by atoms with Gasteiger partial charge < -0.3 is 18.9 Å². The zero-order valence-electron chi connectivity index (χ0n) is 20.6. The molecule has 0 spiro atoms. The van der Waals surface area contributed by atoms with Crippen molar-refractivity contribution >= 4 is 28.5 Å². The Morgan fingerprint density at radius 2 is 1.78 bits per heavy atom. The first kappa shape index (κ1) is 26.5. The van der Waals surface area contributed by atoms with E-state index in [4.69, 9.17) is 18.9 Å². The third-order valence-corrected chi connectivity index (χ3v) is 5.91. The fraction of sp³-hybridized carbons (Fsp3) is 0.308. The van der Waals surface area contributed by atoms with Gasteiger partial charge in [0.1, 0.15) is 41.4 Å². The fourth-order valence-corrected chi connectivity index (χ4v) is 3.72. The summed E-state index contributed by atoms with van der Waals surface area (Å²) in [5, 5.41) is 21.3. The first-order chi connectivity index (χ1) is 17.4. The number of carbonyl (C=O) groups excluding carboxylic acids is 1. The second kappa shape index (κ2) is 13.1. The highest BCUT2D eigenvalue weighted by Gasteiger charge is 2.15. The normalized spacial score (nSPS) is 11.1. The van der Waals surface area contributed by atoms with Crippen molar-refractivity contribution in [2.45, 2.75) is 26.7 Å². The average Bonchev–Trinajstić information content (AvgIpc) is 3.35. The number of anilines is 1. The SMILES string of the molecule is CCOc1cc(/C=C(/C#N)C(=O)Nc2nnc(C(C)C)s2)ccc1OCCOc1ccc(OC)cc1. The van der Waals surface area contributed by atoms with Crippen molar-refractivity contribution in [3.63, 3.8) is 0 Å². The molecule has 0 unspecified atom stereocenters. The fourth-order valence-electron chi connectivity index (χ4n) is 2.98. The van der Waals surface area contributed by atoms with E-state index in [1.807, 2.05) is 51.1 Å². The van der Waals surface area contributed by atoms with Gasteiger partial charge in [0.15, 0.2) is 11.5 Å². The van der Waals surface area contributed by atoms with E-state index in [9.17, 15) is 10.1 Å². The Hall–Kier alpha value is -4.10. The first-order valence-corrected chi connectivity index (χ1v) is 12.2. The van der Waals surface area contributed by atoms with Gasteiger partial charge in [-0.1, -0.05) is 31.3 Å². The molecule has 1 amide bonds. The maximum absolute atomic E-state index is 12.6. The number of rotatable bonds is 12. The number of ether oxygens (including phenoxy) is 4. The number of benzene rings is 2. The van der Waals surface area contributed by atoms with E-state index in [1.165, 1.54) is 17.4 Å². The van der Waals surface area contributed by atoms with Crippen LogP contribution in [0.3, 0.4) is 0 Å². The van der Waals surface area contributed by atoms with Gasteiger partial charge in [-0.15, -0.1) is 10.2 Å². The van der Waals surface area contributed by atoms with Crippen molar-refractivity contribution < 1.29 is 23.7 Å². The highest BCUT2D eigenvalue weighted by molar-refractivity contribution is 7.15. The Morgan fingerprint density at radius 3 is 2.42 bits per heavy atom. The van der Waals surface area contributed by atoms with E-state index in [0.717, 1.165) is 10.8 Å². The topological polar surface area (TPSA) is 116 Å². The highest BCUT2D eigenvalue weighted by atomic mass is 32.1.